The van der Waals surface area contributed by atoms with E-state index in [1.54, 1.807) is 6.20 Å². The predicted octanol–water partition coefficient (Wildman–Crippen LogP) is 3.04. The number of nitrogens with zero attached hydrogens (tertiary/aromatic N) is 2. The predicted molar refractivity (Wildman–Crippen MR) is 75.6 cm³/mol. The van der Waals surface area contributed by atoms with E-state index in [2.05, 4.69) is 40.8 Å². The number of anilines is 1. The lowest BCUT2D eigenvalue weighted by Gasteiger charge is -2.12. The van der Waals surface area contributed by atoms with E-state index < -0.39 is 0 Å². The Hall–Kier alpha value is -1.29. The van der Waals surface area contributed by atoms with Gasteiger partial charge in [0, 0.05) is 17.3 Å². The molecule has 3 nitrogen and oxygen atoms in total. The third-order valence-corrected chi connectivity index (χ3v) is 3.54. The average Bonchev–Trinajstić information content (AvgIpc) is 2.36. The number of hydrogen-bond acceptors (Lipinski definition) is 4. The normalized spacial score (nSPS) is 12.6. The maximum atomic E-state index is 4.17. The van der Waals surface area contributed by atoms with Crippen molar-refractivity contribution in [1.29, 1.82) is 0 Å². The molecule has 2 rings (SSSR count). The van der Waals surface area contributed by atoms with Crippen molar-refractivity contribution < 1.29 is 0 Å². The van der Waals surface area contributed by atoms with E-state index in [4.69, 9.17) is 0 Å². The standard InChI is InChI=1S/C13H17N3S/c1-10(9-17-2)7-14-13-12-6-4-3-5-11(12)8-15-16-13/h3-6,8,10H,7,9H2,1-2H3,(H,14,16). The van der Waals surface area contributed by atoms with E-state index in [0.717, 1.165) is 28.9 Å². The Kier molecular flexibility index (Phi) is 4.20. The molecule has 2 aromatic rings. The first-order valence-electron chi connectivity index (χ1n) is 5.74. The Bertz CT molecular complexity index is 482. The molecular weight excluding hydrogens is 230 g/mol. The molecule has 0 saturated carbocycles. The van der Waals surface area contributed by atoms with Crippen LogP contribution in [-0.2, 0) is 0 Å². The van der Waals surface area contributed by atoms with Crippen molar-refractivity contribution >= 4 is 28.4 Å². The van der Waals surface area contributed by atoms with Crippen LogP contribution in [-0.4, -0.2) is 28.8 Å². The Balaban J connectivity index is 2.13. The Morgan fingerprint density at radius 1 is 1.35 bits per heavy atom. The third-order valence-electron chi connectivity index (χ3n) is 2.64. The van der Waals surface area contributed by atoms with Crippen LogP contribution >= 0.6 is 11.8 Å². The van der Waals surface area contributed by atoms with Crippen molar-refractivity contribution in [3.05, 3.63) is 30.5 Å². The van der Waals surface area contributed by atoms with Crippen LogP contribution in [0.1, 0.15) is 6.92 Å². The number of thioether (sulfide) groups is 1. The molecule has 1 unspecified atom stereocenters. The molecule has 0 aliphatic carbocycles. The van der Waals surface area contributed by atoms with Gasteiger partial charge < -0.3 is 5.32 Å². The molecule has 1 aromatic carbocycles. The lowest BCUT2D eigenvalue weighted by atomic mass is 10.2. The van der Waals surface area contributed by atoms with Crippen LogP contribution in [0.25, 0.3) is 10.8 Å². The van der Waals surface area contributed by atoms with E-state index in [1.807, 2.05) is 23.9 Å². The smallest absolute Gasteiger partial charge is 0.156 e. The van der Waals surface area contributed by atoms with Crippen molar-refractivity contribution in [2.24, 2.45) is 5.92 Å². The van der Waals surface area contributed by atoms with Crippen molar-refractivity contribution in [2.75, 3.05) is 23.9 Å². The van der Waals surface area contributed by atoms with Crippen LogP contribution in [0.4, 0.5) is 5.82 Å². The molecule has 1 atom stereocenters. The maximum Gasteiger partial charge on any atom is 0.156 e. The summed E-state index contributed by atoms with van der Waals surface area (Å²) in [5.41, 5.74) is 0. The Morgan fingerprint density at radius 2 is 2.18 bits per heavy atom. The summed E-state index contributed by atoms with van der Waals surface area (Å²) in [5.74, 6) is 2.67. The second kappa shape index (κ2) is 5.87. The highest BCUT2D eigenvalue weighted by Gasteiger charge is 2.05. The molecular formula is C13H17N3S. The SMILES string of the molecule is CSCC(C)CNc1nncc2ccccc12. The first kappa shape index (κ1) is 12.2. The molecule has 17 heavy (non-hydrogen) atoms. The van der Waals surface area contributed by atoms with Gasteiger partial charge in [-0.15, -0.1) is 5.10 Å². The summed E-state index contributed by atoms with van der Waals surface area (Å²) in [6.45, 7) is 3.17. The molecule has 0 aliphatic heterocycles. The average molecular weight is 247 g/mol. The monoisotopic (exact) mass is 247 g/mol. The molecule has 0 bridgehead atoms. The van der Waals surface area contributed by atoms with Crippen LogP contribution in [0.5, 0.6) is 0 Å². The van der Waals surface area contributed by atoms with Gasteiger partial charge in [0.15, 0.2) is 5.82 Å². The summed E-state index contributed by atoms with van der Waals surface area (Å²) in [6.07, 6.45) is 3.93. The van der Waals surface area contributed by atoms with Crippen LogP contribution in [0.15, 0.2) is 30.5 Å². The minimum absolute atomic E-state index is 0.630. The molecule has 0 spiro atoms. The van der Waals surface area contributed by atoms with Crippen molar-refractivity contribution in [2.45, 2.75) is 6.92 Å². The number of aromatic nitrogens is 2. The van der Waals surface area contributed by atoms with Gasteiger partial charge in [0.25, 0.3) is 0 Å². The van der Waals surface area contributed by atoms with Crippen LogP contribution < -0.4 is 5.32 Å². The zero-order chi connectivity index (χ0) is 12.1. The number of rotatable bonds is 5. The first-order chi connectivity index (χ1) is 8.31. The summed E-state index contributed by atoms with van der Waals surface area (Å²) in [4.78, 5) is 0. The number of fused-ring (bicyclic) bond motifs is 1. The quantitative estimate of drug-likeness (QED) is 0.881. The minimum atomic E-state index is 0.630. The Morgan fingerprint density at radius 3 is 3.00 bits per heavy atom. The molecule has 90 valence electrons. The zero-order valence-electron chi connectivity index (χ0n) is 10.2. The molecule has 1 N–H and O–H groups in total. The lowest BCUT2D eigenvalue weighted by molar-refractivity contribution is 0.699. The number of nitrogens with one attached hydrogen (secondary N) is 1. The topological polar surface area (TPSA) is 37.8 Å². The van der Waals surface area contributed by atoms with E-state index in [1.165, 1.54) is 0 Å². The highest BCUT2D eigenvalue weighted by atomic mass is 32.2. The van der Waals surface area contributed by atoms with Crippen LogP contribution in [0.3, 0.4) is 0 Å². The van der Waals surface area contributed by atoms with Crippen molar-refractivity contribution in [3.8, 4) is 0 Å². The lowest BCUT2D eigenvalue weighted by Crippen LogP contribution is -2.14. The zero-order valence-corrected chi connectivity index (χ0v) is 11.0. The molecule has 0 fully saturated rings. The van der Waals surface area contributed by atoms with Gasteiger partial charge in [0.1, 0.15) is 0 Å². The molecule has 0 radical (unpaired) electrons. The van der Waals surface area contributed by atoms with E-state index in [-0.39, 0.29) is 0 Å². The highest BCUT2D eigenvalue weighted by Crippen LogP contribution is 2.19. The van der Waals surface area contributed by atoms with Gasteiger partial charge in [-0.3, -0.25) is 0 Å². The van der Waals surface area contributed by atoms with E-state index in [9.17, 15) is 0 Å². The summed E-state index contributed by atoms with van der Waals surface area (Å²) in [6, 6.07) is 8.18. The molecule has 1 aromatic heterocycles. The molecule has 4 heteroatoms. The first-order valence-corrected chi connectivity index (χ1v) is 7.14. The fourth-order valence-corrected chi connectivity index (χ4v) is 2.46. The van der Waals surface area contributed by atoms with Gasteiger partial charge in [-0.25, -0.2) is 0 Å². The van der Waals surface area contributed by atoms with Gasteiger partial charge >= 0.3 is 0 Å². The maximum absolute atomic E-state index is 4.17. The fourth-order valence-electron chi connectivity index (χ4n) is 1.77. The minimum Gasteiger partial charge on any atom is -0.368 e. The van der Waals surface area contributed by atoms with Crippen molar-refractivity contribution in [3.63, 3.8) is 0 Å². The summed E-state index contributed by atoms with van der Waals surface area (Å²) < 4.78 is 0. The molecule has 0 saturated heterocycles. The van der Waals surface area contributed by atoms with E-state index >= 15 is 0 Å². The number of benzene rings is 1. The van der Waals surface area contributed by atoms with Crippen molar-refractivity contribution in [1.82, 2.24) is 10.2 Å². The van der Waals surface area contributed by atoms with Gasteiger partial charge in [-0.05, 0) is 17.9 Å². The van der Waals surface area contributed by atoms with Gasteiger partial charge in [-0.1, -0.05) is 31.2 Å². The number of hydrogen-bond donors (Lipinski definition) is 1. The van der Waals surface area contributed by atoms with Crippen LogP contribution in [0.2, 0.25) is 0 Å². The summed E-state index contributed by atoms with van der Waals surface area (Å²) in [5, 5.41) is 13.8. The summed E-state index contributed by atoms with van der Waals surface area (Å²) in [7, 11) is 0. The molecule has 0 aliphatic rings. The molecule has 1 heterocycles. The van der Waals surface area contributed by atoms with Gasteiger partial charge in [0.05, 0.1) is 6.20 Å². The van der Waals surface area contributed by atoms with E-state index in [0.29, 0.717) is 5.92 Å². The largest absolute Gasteiger partial charge is 0.368 e. The second-order valence-corrected chi connectivity index (χ2v) is 5.13. The fraction of sp³-hybridized carbons (Fsp3) is 0.385. The second-order valence-electron chi connectivity index (χ2n) is 4.22. The third kappa shape index (κ3) is 3.09. The van der Waals surface area contributed by atoms with Gasteiger partial charge in [-0.2, -0.15) is 16.9 Å². The van der Waals surface area contributed by atoms with Gasteiger partial charge in [0.2, 0.25) is 0 Å². The van der Waals surface area contributed by atoms with Crippen LogP contribution in [0, 0.1) is 5.92 Å². The highest BCUT2D eigenvalue weighted by molar-refractivity contribution is 7.98. The summed E-state index contributed by atoms with van der Waals surface area (Å²) >= 11 is 1.87. The Labute approximate surface area is 106 Å². The molecule has 0 amide bonds.